The summed E-state index contributed by atoms with van der Waals surface area (Å²) < 4.78 is 26.3. The summed E-state index contributed by atoms with van der Waals surface area (Å²) in [5, 5.41) is 0. The molecule has 26 heavy (non-hydrogen) atoms. The van der Waals surface area contributed by atoms with Gasteiger partial charge in [0.25, 0.3) is 21.8 Å². The first kappa shape index (κ1) is 17.5. The lowest BCUT2D eigenvalue weighted by molar-refractivity contribution is 0.0777. The van der Waals surface area contributed by atoms with Crippen molar-refractivity contribution in [3.8, 4) is 0 Å². The summed E-state index contributed by atoms with van der Waals surface area (Å²) in [5.41, 5.74) is 6.57. The number of nitrogens with zero attached hydrogens (tertiary/aromatic N) is 2. The zero-order chi connectivity index (χ0) is 18.8. The molecule has 2 heterocycles. The number of amides is 2. The number of carbonyl (C=O) groups is 2. The lowest BCUT2D eigenvalue weighted by Crippen LogP contribution is -2.36. The summed E-state index contributed by atoms with van der Waals surface area (Å²) in [6.45, 7) is 4.59. The SMILES string of the molecule is CC(C)N1C(=O)c2ccc(C(=O)N3CC4CCC(N)C4C3)cc2S1(=O)=O. The molecule has 3 aliphatic rings. The Morgan fingerprint density at radius 1 is 1.23 bits per heavy atom. The minimum Gasteiger partial charge on any atom is -0.338 e. The number of rotatable bonds is 2. The zero-order valence-corrected chi connectivity index (χ0v) is 15.7. The largest absolute Gasteiger partial charge is 0.338 e. The van der Waals surface area contributed by atoms with Crippen LogP contribution in [0, 0.1) is 11.8 Å². The highest BCUT2D eigenvalue weighted by Gasteiger charge is 2.45. The normalized spacial score (nSPS) is 29.4. The van der Waals surface area contributed by atoms with E-state index in [-0.39, 0.29) is 22.4 Å². The van der Waals surface area contributed by atoms with E-state index in [1.165, 1.54) is 12.1 Å². The van der Waals surface area contributed by atoms with Gasteiger partial charge in [-0.05, 0) is 56.7 Å². The predicted octanol–water partition coefficient (Wildman–Crippen LogP) is 1.05. The molecule has 2 aliphatic heterocycles. The fourth-order valence-electron chi connectivity index (χ4n) is 4.55. The van der Waals surface area contributed by atoms with Gasteiger partial charge in [0.05, 0.1) is 5.56 Å². The quantitative estimate of drug-likeness (QED) is 0.830. The fourth-order valence-corrected chi connectivity index (χ4v) is 6.34. The first-order valence-corrected chi connectivity index (χ1v) is 10.4. The molecule has 1 saturated heterocycles. The third-order valence-electron chi connectivity index (χ3n) is 5.86. The molecular formula is C18H23N3O4S. The van der Waals surface area contributed by atoms with Crippen LogP contribution in [-0.4, -0.2) is 54.6 Å². The highest BCUT2D eigenvalue weighted by Crippen LogP contribution is 2.38. The summed E-state index contributed by atoms with van der Waals surface area (Å²) in [6, 6.07) is 4.01. The van der Waals surface area contributed by atoms with Gasteiger partial charge in [-0.1, -0.05) is 0 Å². The van der Waals surface area contributed by atoms with Crippen molar-refractivity contribution in [1.82, 2.24) is 9.21 Å². The van der Waals surface area contributed by atoms with Crippen LogP contribution in [-0.2, 0) is 10.0 Å². The van der Waals surface area contributed by atoms with E-state index in [1.54, 1.807) is 24.8 Å². The molecule has 2 amide bonds. The first-order chi connectivity index (χ1) is 12.2. The number of sulfonamides is 1. The van der Waals surface area contributed by atoms with E-state index in [1.807, 2.05) is 0 Å². The van der Waals surface area contributed by atoms with Crippen molar-refractivity contribution < 1.29 is 18.0 Å². The Hall–Kier alpha value is -1.93. The number of carbonyl (C=O) groups excluding carboxylic acids is 2. The summed E-state index contributed by atoms with van der Waals surface area (Å²) in [5.74, 6) is 0.0379. The average molecular weight is 377 g/mol. The number of likely N-dealkylation sites (tertiary alicyclic amines) is 1. The maximum atomic E-state index is 12.9. The van der Waals surface area contributed by atoms with Crippen LogP contribution in [0.1, 0.15) is 47.4 Å². The molecule has 2 N–H and O–H groups in total. The smallest absolute Gasteiger partial charge is 0.269 e. The van der Waals surface area contributed by atoms with Crippen molar-refractivity contribution in [1.29, 1.82) is 0 Å². The molecule has 0 spiro atoms. The van der Waals surface area contributed by atoms with Crippen molar-refractivity contribution in [3.05, 3.63) is 29.3 Å². The molecule has 4 rings (SSSR count). The minimum atomic E-state index is -3.91. The van der Waals surface area contributed by atoms with Crippen LogP contribution in [0.15, 0.2) is 23.1 Å². The van der Waals surface area contributed by atoms with Gasteiger partial charge < -0.3 is 10.6 Å². The molecular weight excluding hydrogens is 354 g/mol. The van der Waals surface area contributed by atoms with Crippen LogP contribution in [0.2, 0.25) is 0 Å². The number of hydrogen-bond acceptors (Lipinski definition) is 5. The molecule has 0 aromatic heterocycles. The molecule has 140 valence electrons. The Morgan fingerprint density at radius 2 is 1.96 bits per heavy atom. The summed E-state index contributed by atoms with van der Waals surface area (Å²) in [4.78, 5) is 27.0. The van der Waals surface area contributed by atoms with Gasteiger partial charge in [-0.25, -0.2) is 12.7 Å². The molecule has 1 aliphatic carbocycles. The summed E-state index contributed by atoms with van der Waals surface area (Å²) in [6.07, 6.45) is 2.04. The fraction of sp³-hybridized carbons (Fsp3) is 0.556. The molecule has 8 heteroatoms. The number of benzene rings is 1. The third-order valence-corrected chi connectivity index (χ3v) is 7.86. The van der Waals surface area contributed by atoms with E-state index in [0.717, 1.165) is 17.1 Å². The van der Waals surface area contributed by atoms with Crippen LogP contribution in [0.3, 0.4) is 0 Å². The van der Waals surface area contributed by atoms with Crippen LogP contribution in [0.4, 0.5) is 0 Å². The standard InChI is InChI=1S/C18H23N3O4S/c1-10(2)21-18(23)13-5-3-11(7-16(13)26(21,24)25)17(22)20-8-12-4-6-15(19)14(12)9-20/h3,5,7,10,12,14-15H,4,6,8-9,19H2,1-2H3. The topological polar surface area (TPSA) is 101 Å². The molecule has 1 saturated carbocycles. The van der Waals surface area contributed by atoms with E-state index in [2.05, 4.69) is 0 Å². The maximum absolute atomic E-state index is 12.9. The number of fused-ring (bicyclic) bond motifs is 2. The molecule has 7 nitrogen and oxygen atoms in total. The van der Waals surface area contributed by atoms with Crippen LogP contribution in [0.25, 0.3) is 0 Å². The lowest BCUT2D eigenvalue weighted by Gasteiger charge is -2.19. The van der Waals surface area contributed by atoms with Crippen LogP contribution in [0.5, 0.6) is 0 Å². The van der Waals surface area contributed by atoms with Crippen molar-refractivity contribution in [2.75, 3.05) is 13.1 Å². The van der Waals surface area contributed by atoms with E-state index in [4.69, 9.17) is 5.73 Å². The van der Waals surface area contributed by atoms with Gasteiger partial charge in [-0.3, -0.25) is 9.59 Å². The van der Waals surface area contributed by atoms with Crippen LogP contribution >= 0.6 is 0 Å². The van der Waals surface area contributed by atoms with E-state index in [0.29, 0.717) is 30.5 Å². The Kier molecular flexibility index (Phi) is 3.89. The van der Waals surface area contributed by atoms with Crippen molar-refractivity contribution in [2.24, 2.45) is 17.6 Å². The lowest BCUT2D eigenvalue weighted by atomic mass is 9.98. The van der Waals surface area contributed by atoms with E-state index in [9.17, 15) is 18.0 Å². The molecule has 2 fully saturated rings. The van der Waals surface area contributed by atoms with Gasteiger partial charge in [-0.2, -0.15) is 0 Å². The molecule has 3 unspecified atom stereocenters. The maximum Gasteiger partial charge on any atom is 0.269 e. The van der Waals surface area contributed by atoms with Gasteiger partial charge >= 0.3 is 0 Å². The molecule has 1 aromatic carbocycles. The van der Waals surface area contributed by atoms with Gasteiger partial charge in [0, 0.05) is 30.7 Å². The van der Waals surface area contributed by atoms with E-state index < -0.39 is 22.0 Å². The molecule has 1 aromatic rings. The van der Waals surface area contributed by atoms with Crippen LogP contribution < -0.4 is 5.73 Å². The average Bonchev–Trinajstić information content (AvgIpc) is 3.20. The molecule has 0 bridgehead atoms. The van der Waals surface area contributed by atoms with Crippen molar-refractivity contribution >= 4 is 21.8 Å². The number of hydrogen-bond donors (Lipinski definition) is 1. The summed E-state index contributed by atoms with van der Waals surface area (Å²) in [7, 11) is -3.91. The predicted molar refractivity (Wildman–Crippen MR) is 95.0 cm³/mol. The highest BCUT2D eigenvalue weighted by molar-refractivity contribution is 7.90. The Bertz CT molecular complexity index is 896. The second-order valence-corrected chi connectivity index (χ2v) is 9.57. The van der Waals surface area contributed by atoms with Gasteiger partial charge in [0.2, 0.25) is 0 Å². The van der Waals surface area contributed by atoms with Gasteiger partial charge in [0.15, 0.2) is 0 Å². The Labute approximate surface area is 153 Å². The second kappa shape index (κ2) is 5.79. The van der Waals surface area contributed by atoms with Crippen molar-refractivity contribution in [2.45, 2.75) is 43.7 Å². The first-order valence-electron chi connectivity index (χ1n) is 8.99. The monoisotopic (exact) mass is 377 g/mol. The highest BCUT2D eigenvalue weighted by atomic mass is 32.2. The molecule has 3 atom stereocenters. The Morgan fingerprint density at radius 3 is 2.62 bits per heavy atom. The van der Waals surface area contributed by atoms with Gasteiger partial charge in [0.1, 0.15) is 4.90 Å². The third kappa shape index (κ3) is 2.39. The second-order valence-electron chi connectivity index (χ2n) is 7.79. The van der Waals surface area contributed by atoms with Crippen molar-refractivity contribution in [3.63, 3.8) is 0 Å². The molecule has 0 radical (unpaired) electrons. The van der Waals surface area contributed by atoms with E-state index >= 15 is 0 Å². The number of nitrogens with two attached hydrogens (primary N) is 1. The van der Waals surface area contributed by atoms with Gasteiger partial charge in [-0.15, -0.1) is 0 Å². The minimum absolute atomic E-state index is 0.0712. The summed E-state index contributed by atoms with van der Waals surface area (Å²) >= 11 is 0. The Balaban J connectivity index is 1.64. The zero-order valence-electron chi connectivity index (χ0n) is 14.9.